The standard InChI is InChI=1S/C21H22N6O2/c1-12-3-2-6-27(12)11-14-7-13-10-22-19(9-17(13)23-14)26-21(29)20-24-16-5-4-15(28)8-18(16)25-20/h4-5,7-10,12,23,28H,2-3,6,11H2,1H3,(H,24,25)(H,22,26,29)/t12-/m0/s1. The smallest absolute Gasteiger partial charge is 0.292 e. The molecular weight excluding hydrogens is 368 g/mol. The molecule has 1 amide bonds. The molecule has 0 unspecified atom stereocenters. The van der Waals surface area contributed by atoms with Gasteiger partial charge in [-0.2, -0.15) is 0 Å². The van der Waals surface area contributed by atoms with Crippen LogP contribution in [0.2, 0.25) is 0 Å². The highest BCUT2D eigenvalue weighted by molar-refractivity contribution is 6.03. The van der Waals surface area contributed by atoms with Crippen LogP contribution in [0.5, 0.6) is 5.75 Å². The summed E-state index contributed by atoms with van der Waals surface area (Å²) in [6, 6.07) is 9.28. The van der Waals surface area contributed by atoms with Crippen LogP contribution in [0, 0.1) is 0 Å². The number of fused-ring (bicyclic) bond motifs is 2. The Balaban J connectivity index is 1.34. The second-order valence-electron chi connectivity index (χ2n) is 7.65. The zero-order valence-corrected chi connectivity index (χ0v) is 16.1. The van der Waals surface area contributed by atoms with E-state index < -0.39 is 0 Å². The van der Waals surface area contributed by atoms with Gasteiger partial charge in [0.25, 0.3) is 5.91 Å². The first-order valence-corrected chi connectivity index (χ1v) is 9.77. The minimum absolute atomic E-state index is 0.117. The van der Waals surface area contributed by atoms with E-state index in [0.717, 1.165) is 29.7 Å². The van der Waals surface area contributed by atoms with Gasteiger partial charge in [-0.05, 0) is 44.5 Å². The largest absolute Gasteiger partial charge is 0.508 e. The Labute approximate surface area is 167 Å². The number of imidazole rings is 1. The maximum Gasteiger partial charge on any atom is 0.292 e. The molecule has 8 heteroatoms. The lowest BCUT2D eigenvalue weighted by molar-refractivity contribution is 0.101. The van der Waals surface area contributed by atoms with Crippen LogP contribution in [0.4, 0.5) is 5.82 Å². The van der Waals surface area contributed by atoms with E-state index >= 15 is 0 Å². The highest BCUT2D eigenvalue weighted by Gasteiger charge is 2.21. The molecule has 1 aromatic carbocycles. The van der Waals surface area contributed by atoms with Gasteiger partial charge in [0.15, 0.2) is 5.82 Å². The first kappa shape index (κ1) is 17.7. The molecule has 0 saturated carbocycles. The number of amides is 1. The number of phenols is 1. The predicted molar refractivity (Wildman–Crippen MR) is 111 cm³/mol. The topological polar surface area (TPSA) is 110 Å². The average molecular weight is 390 g/mol. The maximum absolute atomic E-state index is 12.6. The highest BCUT2D eigenvalue weighted by Crippen LogP contribution is 2.23. The molecule has 1 aliphatic heterocycles. The lowest BCUT2D eigenvalue weighted by Crippen LogP contribution is -2.26. The van der Waals surface area contributed by atoms with E-state index in [1.165, 1.54) is 25.0 Å². The molecule has 0 radical (unpaired) electrons. The summed E-state index contributed by atoms with van der Waals surface area (Å²) >= 11 is 0. The van der Waals surface area contributed by atoms with Gasteiger partial charge >= 0.3 is 0 Å². The molecular formula is C21H22N6O2. The van der Waals surface area contributed by atoms with Gasteiger partial charge in [-0.25, -0.2) is 9.97 Å². The lowest BCUT2D eigenvalue weighted by Gasteiger charge is -2.19. The summed E-state index contributed by atoms with van der Waals surface area (Å²) in [5, 5.41) is 13.4. The molecule has 4 heterocycles. The fourth-order valence-electron chi connectivity index (χ4n) is 3.97. The molecule has 5 rings (SSSR count). The van der Waals surface area contributed by atoms with E-state index in [1.54, 1.807) is 12.3 Å². The second-order valence-corrected chi connectivity index (χ2v) is 7.65. The molecule has 0 spiro atoms. The SMILES string of the molecule is C[C@H]1CCCN1Cc1cc2cnc(NC(=O)c3nc4ccc(O)cc4[nH]3)cc2[nH]1. The fraction of sp³-hybridized carbons (Fsp3) is 0.286. The van der Waals surface area contributed by atoms with Crippen LogP contribution in [0.15, 0.2) is 36.5 Å². The van der Waals surface area contributed by atoms with Crippen molar-refractivity contribution in [1.29, 1.82) is 0 Å². The third-order valence-electron chi connectivity index (χ3n) is 5.55. The number of aromatic amines is 2. The number of aromatic hydroxyl groups is 1. The summed E-state index contributed by atoms with van der Waals surface area (Å²) in [5.74, 6) is 0.354. The molecule has 4 aromatic rings. The van der Waals surface area contributed by atoms with E-state index in [1.807, 2.05) is 6.07 Å². The number of carbonyl (C=O) groups is 1. The summed E-state index contributed by atoms with van der Waals surface area (Å²) in [5.41, 5.74) is 3.30. The van der Waals surface area contributed by atoms with Gasteiger partial charge in [-0.3, -0.25) is 9.69 Å². The average Bonchev–Trinajstić information content (AvgIpc) is 3.39. The second kappa shape index (κ2) is 6.89. The molecule has 3 aromatic heterocycles. The maximum atomic E-state index is 12.6. The number of H-pyrrole nitrogens is 2. The number of anilines is 1. The van der Waals surface area contributed by atoms with Gasteiger partial charge in [0.1, 0.15) is 11.6 Å². The number of hydrogen-bond donors (Lipinski definition) is 4. The van der Waals surface area contributed by atoms with Crippen molar-refractivity contribution in [3.05, 3.63) is 48.0 Å². The Bertz CT molecular complexity index is 1210. The van der Waals surface area contributed by atoms with E-state index in [-0.39, 0.29) is 17.5 Å². The molecule has 148 valence electrons. The Morgan fingerprint density at radius 1 is 1.28 bits per heavy atom. The third kappa shape index (κ3) is 3.42. The first-order chi connectivity index (χ1) is 14.0. The van der Waals surface area contributed by atoms with Crippen LogP contribution in [0.25, 0.3) is 21.9 Å². The van der Waals surface area contributed by atoms with Gasteiger partial charge in [-0.15, -0.1) is 0 Å². The first-order valence-electron chi connectivity index (χ1n) is 9.77. The van der Waals surface area contributed by atoms with Crippen LogP contribution >= 0.6 is 0 Å². The molecule has 1 fully saturated rings. The van der Waals surface area contributed by atoms with Crippen molar-refractivity contribution in [3.8, 4) is 5.75 Å². The number of nitrogens with zero attached hydrogens (tertiary/aromatic N) is 3. The van der Waals surface area contributed by atoms with Crippen molar-refractivity contribution in [3.63, 3.8) is 0 Å². The lowest BCUT2D eigenvalue weighted by atomic mass is 10.2. The zero-order valence-electron chi connectivity index (χ0n) is 16.1. The number of pyridine rings is 1. The Hall–Kier alpha value is -3.39. The van der Waals surface area contributed by atoms with E-state index in [9.17, 15) is 9.90 Å². The van der Waals surface area contributed by atoms with Crippen LogP contribution < -0.4 is 5.32 Å². The van der Waals surface area contributed by atoms with E-state index in [4.69, 9.17) is 0 Å². The van der Waals surface area contributed by atoms with Crippen LogP contribution in [-0.4, -0.2) is 48.4 Å². The number of rotatable bonds is 4. The van der Waals surface area contributed by atoms with Crippen molar-refractivity contribution >= 4 is 33.7 Å². The molecule has 4 N–H and O–H groups in total. The molecule has 29 heavy (non-hydrogen) atoms. The number of carbonyl (C=O) groups excluding carboxylic acids is 1. The number of likely N-dealkylation sites (tertiary alicyclic amines) is 1. The van der Waals surface area contributed by atoms with Crippen LogP contribution in [0.1, 0.15) is 36.1 Å². The number of benzene rings is 1. The van der Waals surface area contributed by atoms with Crippen molar-refractivity contribution < 1.29 is 9.90 Å². The molecule has 1 atom stereocenters. The molecule has 1 saturated heterocycles. The van der Waals surface area contributed by atoms with E-state index in [2.05, 4.69) is 43.1 Å². The van der Waals surface area contributed by atoms with Gasteiger partial charge < -0.3 is 20.4 Å². The van der Waals surface area contributed by atoms with Crippen LogP contribution in [-0.2, 0) is 6.54 Å². The van der Waals surface area contributed by atoms with Crippen molar-refractivity contribution in [1.82, 2.24) is 24.8 Å². The Kier molecular flexibility index (Phi) is 4.21. The van der Waals surface area contributed by atoms with Crippen molar-refractivity contribution in [2.24, 2.45) is 0 Å². The van der Waals surface area contributed by atoms with E-state index in [0.29, 0.717) is 22.9 Å². The summed E-state index contributed by atoms with van der Waals surface area (Å²) in [4.78, 5) is 30.0. The summed E-state index contributed by atoms with van der Waals surface area (Å²) in [6.45, 7) is 4.29. The Morgan fingerprint density at radius 2 is 2.17 bits per heavy atom. The monoisotopic (exact) mass is 390 g/mol. The molecule has 8 nitrogen and oxygen atoms in total. The third-order valence-corrected chi connectivity index (χ3v) is 5.55. The summed E-state index contributed by atoms with van der Waals surface area (Å²) in [7, 11) is 0. The highest BCUT2D eigenvalue weighted by atomic mass is 16.3. The number of hydrogen-bond acceptors (Lipinski definition) is 5. The van der Waals surface area contributed by atoms with Crippen LogP contribution in [0.3, 0.4) is 0 Å². The number of nitrogens with one attached hydrogen (secondary N) is 3. The minimum Gasteiger partial charge on any atom is -0.508 e. The van der Waals surface area contributed by atoms with Gasteiger partial charge in [0.2, 0.25) is 0 Å². The number of phenolic OH excluding ortho intramolecular Hbond substituents is 1. The van der Waals surface area contributed by atoms with Gasteiger partial charge in [-0.1, -0.05) is 0 Å². The Morgan fingerprint density at radius 3 is 3.00 bits per heavy atom. The van der Waals surface area contributed by atoms with Gasteiger partial charge in [0, 0.05) is 42.0 Å². The van der Waals surface area contributed by atoms with Crippen molar-refractivity contribution in [2.45, 2.75) is 32.4 Å². The molecule has 0 bridgehead atoms. The quantitative estimate of drug-likeness (QED) is 0.427. The van der Waals surface area contributed by atoms with Gasteiger partial charge in [0.05, 0.1) is 16.6 Å². The summed E-state index contributed by atoms with van der Waals surface area (Å²) in [6.07, 6.45) is 4.26. The molecule has 0 aliphatic carbocycles. The predicted octanol–water partition coefficient (Wildman–Crippen LogP) is 3.38. The fourth-order valence-corrected chi connectivity index (χ4v) is 3.97. The normalized spacial score (nSPS) is 17.3. The molecule has 1 aliphatic rings. The zero-order chi connectivity index (χ0) is 20.0. The minimum atomic E-state index is -0.384. The van der Waals surface area contributed by atoms with Crippen molar-refractivity contribution in [2.75, 3.05) is 11.9 Å². The summed E-state index contributed by atoms with van der Waals surface area (Å²) < 4.78 is 0. The number of aromatic nitrogens is 4.